The molecule has 136 valence electrons. The molecule has 0 amide bonds. The highest BCUT2D eigenvalue weighted by atomic mass is 16.5. The first kappa shape index (κ1) is 16.6. The highest BCUT2D eigenvalue weighted by Gasteiger charge is 2.42. The summed E-state index contributed by atoms with van der Waals surface area (Å²) >= 11 is 0. The van der Waals surface area contributed by atoms with Crippen molar-refractivity contribution in [3.8, 4) is 0 Å². The minimum atomic E-state index is -0.936. The summed E-state index contributed by atoms with van der Waals surface area (Å²) in [6.07, 6.45) is 6.83. The van der Waals surface area contributed by atoms with Gasteiger partial charge in [-0.05, 0) is 12.8 Å². The van der Waals surface area contributed by atoms with E-state index in [0.717, 1.165) is 12.8 Å². The number of aliphatic hydroxyl groups is 2. The standard InChI is InChI=1S/C16H24N6O3/c17-11-13(24)10(6-23)25-16(11)22-8-20-12-14(18-7-19-15(12)22)21-9-4-2-1-3-5-9/h7-11,13,16,23-24H,1-6,17H2,(H,18,19,21)/t10-,11-,13-,16-/m1/s1. The molecule has 1 saturated carbocycles. The predicted octanol–water partition coefficient (Wildman–Crippen LogP) is 0.149. The maximum Gasteiger partial charge on any atom is 0.167 e. The maximum atomic E-state index is 10.1. The fourth-order valence-corrected chi connectivity index (χ4v) is 3.75. The van der Waals surface area contributed by atoms with Crippen molar-refractivity contribution in [1.82, 2.24) is 19.5 Å². The molecule has 0 bridgehead atoms. The number of hydrogen-bond donors (Lipinski definition) is 4. The summed E-state index contributed by atoms with van der Waals surface area (Å²) in [6.45, 7) is -0.290. The van der Waals surface area contributed by atoms with Crippen molar-refractivity contribution in [2.75, 3.05) is 11.9 Å². The van der Waals surface area contributed by atoms with Crippen LogP contribution in [0.3, 0.4) is 0 Å². The lowest BCUT2D eigenvalue weighted by Crippen LogP contribution is -2.39. The van der Waals surface area contributed by atoms with Gasteiger partial charge in [0.25, 0.3) is 0 Å². The van der Waals surface area contributed by atoms with Crippen molar-refractivity contribution in [2.45, 2.75) is 62.6 Å². The Hall–Kier alpha value is -1.81. The first-order valence-electron chi connectivity index (χ1n) is 8.83. The van der Waals surface area contributed by atoms with E-state index >= 15 is 0 Å². The molecular formula is C16H24N6O3. The number of hydrogen-bond acceptors (Lipinski definition) is 8. The normalized spacial score (nSPS) is 30.8. The van der Waals surface area contributed by atoms with Crippen LogP contribution in [-0.4, -0.2) is 60.6 Å². The van der Waals surface area contributed by atoms with Gasteiger partial charge in [0.05, 0.1) is 19.0 Å². The summed E-state index contributed by atoms with van der Waals surface area (Å²) in [5, 5.41) is 22.9. The molecule has 5 N–H and O–H groups in total. The quantitative estimate of drug-likeness (QED) is 0.614. The number of anilines is 1. The molecule has 4 atom stereocenters. The molecule has 9 nitrogen and oxygen atoms in total. The Kier molecular flexibility index (Phi) is 4.55. The van der Waals surface area contributed by atoms with Crippen molar-refractivity contribution < 1.29 is 14.9 Å². The Morgan fingerprint density at radius 2 is 2.04 bits per heavy atom. The summed E-state index contributed by atoms with van der Waals surface area (Å²) in [5.41, 5.74) is 7.32. The van der Waals surface area contributed by atoms with Crippen molar-refractivity contribution in [3.05, 3.63) is 12.7 Å². The number of aliphatic hydroxyl groups excluding tert-OH is 2. The molecule has 0 aromatic carbocycles. The number of rotatable bonds is 4. The van der Waals surface area contributed by atoms with E-state index in [4.69, 9.17) is 10.5 Å². The summed E-state index contributed by atoms with van der Waals surface area (Å²) < 4.78 is 7.40. The zero-order chi connectivity index (χ0) is 17.4. The highest BCUT2D eigenvalue weighted by molar-refractivity contribution is 5.82. The molecule has 2 aromatic rings. The molecule has 9 heteroatoms. The molecule has 2 aliphatic rings. The van der Waals surface area contributed by atoms with Gasteiger partial charge < -0.3 is 26.0 Å². The van der Waals surface area contributed by atoms with Gasteiger partial charge in [0, 0.05) is 6.04 Å². The number of fused-ring (bicyclic) bond motifs is 1. The van der Waals surface area contributed by atoms with Gasteiger partial charge in [0.15, 0.2) is 23.2 Å². The van der Waals surface area contributed by atoms with Crippen molar-refractivity contribution in [3.63, 3.8) is 0 Å². The van der Waals surface area contributed by atoms with Crippen LogP contribution in [0, 0.1) is 0 Å². The lowest BCUT2D eigenvalue weighted by atomic mass is 9.95. The third-order valence-electron chi connectivity index (χ3n) is 5.18. The fourth-order valence-electron chi connectivity index (χ4n) is 3.75. The Labute approximate surface area is 145 Å². The zero-order valence-corrected chi connectivity index (χ0v) is 14.0. The molecular weight excluding hydrogens is 324 g/mol. The van der Waals surface area contributed by atoms with Gasteiger partial charge >= 0.3 is 0 Å². The van der Waals surface area contributed by atoms with Crippen LogP contribution in [0.2, 0.25) is 0 Å². The van der Waals surface area contributed by atoms with E-state index in [9.17, 15) is 10.2 Å². The molecule has 4 rings (SSSR count). The van der Waals surface area contributed by atoms with Gasteiger partial charge in [-0.15, -0.1) is 0 Å². The second kappa shape index (κ2) is 6.83. The molecule has 3 heterocycles. The molecule has 0 spiro atoms. The van der Waals surface area contributed by atoms with E-state index in [2.05, 4.69) is 20.3 Å². The van der Waals surface area contributed by atoms with Crippen LogP contribution in [0.4, 0.5) is 5.82 Å². The van der Waals surface area contributed by atoms with Crippen molar-refractivity contribution in [1.29, 1.82) is 0 Å². The molecule has 2 fully saturated rings. The first-order chi connectivity index (χ1) is 12.2. The largest absolute Gasteiger partial charge is 0.394 e. The SMILES string of the molecule is N[C@@H]1[C@H](O)[C@@H](CO)O[C@H]1n1cnc2c(NC3CCCCC3)ncnc21. The molecule has 0 radical (unpaired) electrons. The monoisotopic (exact) mass is 348 g/mol. The average Bonchev–Trinajstić information content (AvgIpc) is 3.18. The lowest BCUT2D eigenvalue weighted by molar-refractivity contribution is -0.0437. The molecule has 0 unspecified atom stereocenters. The van der Waals surface area contributed by atoms with Gasteiger partial charge in [-0.3, -0.25) is 4.57 Å². The maximum absolute atomic E-state index is 10.1. The van der Waals surface area contributed by atoms with Gasteiger partial charge in [0.2, 0.25) is 0 Å². The Balaban J connectivity index is 1.62. The third-order valence-corrected chi connectivity index (χ3v) is 5.18. The summed E-state index contributed by atoms with van der Waals surface area (Å²) in [5.74, 6) is 0.710. The number of nitrogens with one attached hydrogen (secondary N) is 1. The van der Waals surface area contributed by atoms with E-state index in [0.29, 0.717) is 23.0 Å². The second-order valence-electron chi connectivity index (χ2n) is 6.84. The van der Waals surface area contributed by atoms with Gasteiger partial charge in [-0.25, -0.2) is 15.0 Å². The second-order valence-corrected chi connectivity index (χ2v) is 6.84. The number of imidazole rings is 1. The smallest absolute Gasteiger partial charge is 0.167 e. The minimum Gasteiger partial charge on any atom is -0.394 e. The minimum absolute atomic E-state index is 0.290. The van der Waals surface area contributed by atoms with Gasteiger partial charge in [0.1, 0.15) is 18.5 Å². The van der Waals surface area contributed by atoms with Crippen molar-refractivity contribution >= 4 is 17.0 Å². The predicted molar refractivity (Wildman–Crippen MR) is 90.8 cm³/mol. The Bertz CT molecular complexity index is 732. The van der Waals surface area contributed by atoms with Crippen molar-refractivity contribution in [2.24, 2.45) is 5.73 Å². The van der Waals surface area contributed by atoms with Crippen LogP contribution in [-0.2, 0) is 4.74 Å². The molecule has 25 heavy (non-hydrogen) atoms. The van der Waals surface area contributed by atoms with Crippen LogP contribution in [0.15, 0.2) is 12.7 Å². The van der Waals surface area contributed by atoms with Gasteiger partial charge in [-0.2, -0.15) is 0 Å². The number of ether oxygens (including phenoxy) is 1. The van der Waals surface area contributed by atoms with Crippen LogP contribution in [0.1, 0.15) is 38.3 Å². The van der Waals surface area contributed by atoms with Crippen LogP contribution >= 0.6 is 0 Å². The van der Waals surface area contributed by atoms with Crippen LogP contribution in [0.25, 0.3) is 11.2 Å². The summed E-state index contributed by atoms with van der Waals surface area (Å²) in [6, 6.07) is -0.262. The van der Waals surface area contributed by atoms with E-state index in [1.807, 2.05) is 0 Å². The van der Waals surface area contributed by atoms with E-state index < -0.39 is 24.5 Å². The molecule has 1 saturated heterocycles. The number of aromatic nitrogens is 4. The molecule has 1 aliphatic heterocycles. The average molecular weight is 348 g/mol. The van der Waals surface area contributed by atoms with E-state index in [1.54, 1.807) is 10.9 Å². The summed E-state index contributed by atoms with van der Waals surface area (Å²) in [7, 11) is 0. The topological polar surface area (TPSA) is 131 Å². The van der Waals surface area contributed by atoms with E-state index in [-0.39, 0.29) is 6.61 Å². The Morgan fingerprint density at radius 3 is 2.76 bits per heavy atom. The zero-order valence-electron chi connectivity index (χ0n) is 14.0. The molecule has 1 aliphatic carbocycles. The fraction of sp³-hybridized carbons (Fsp3) is 0.688. The Morgan fingerprint density at radius 1 is 1.24 bits per heavy atom. The third kappa shape index (κ3) is 2.97. The van der Waals surface area contributed by atoms with Gasteiger partial charge in [-0.1, -0.05) is 19.3 Å². The van der Waals surface area contributed by atoms with E-state index in [1.165, 1.54) is 25.6 Å². The lowest BCUT2D eigenvalue weighted by Gasteiger charge is -2.23. The molecule has 2 aromatic heterocycles. The number of nitrogens with two attached hydrogens (primary N) is 1. The van der Waals surface area contributed by atoms with Crippen LogP contribution < -0.4 is 11.1 Å². The first-order valence-corrected chi connectivity index (χ1v) is 8.83. The number of nitrogens with zero attached hydrogens (tertiary/aromatic N) is 4. The summed E-state index contributed by atoms with van der Waals surface area (Å²) in [4.78, 5) is 13.1. The highest BCUT2D eigenvalue weighted by Crippen LogP contribution is 2.31. The van der Waals surface area contributed by atoms with Crippen LogP contribution in [0.5, 0.6) is 0 Å².